The molecule has 0 unspecified atom stereocenters. The average molecular weight is 619 g/mol. The molecule has 0 radical (unpaired) electrons. The number of fused-ring (bicyclic) bond motifs is 5. The Morgan fingerprint density at radius 3 is 2.64 bits per heavy atom. The molecular formula is C33H33F3N6O3. The van der Waals surface area contributed by atoms with Crippen LogP contribution in [-0.4, -0.2) is 62.6 Å². The molecule has 0 spiro atoms. The molecule has 0 saturated carbocycles. The Morgan fingerprint density at radius 1 is 1.11 bits per heavy atom. The van der Waals surface area contributed by atoms with E-state index in [4.69, 9.17) is 4.74 Å². The zero-order valence-electron chi connectivity index (χ0n) is 25.3. The predicted octanol–water partition coefficient (Wildman–Crippen LogP) is 5.48. The lowest BCUT2D eigenvalue weighted by Crippen LogP contribution is -2.54. The minimum atomic E-state index is -1.06. The van der Waals surface area contributed by atoms with E-state index in [1.165, 1.54) is 27.7 Å². The van der Waals surface area contributed by atoms with E-state index in [0.717, 1.165) is 5.56 Å². The fraction of sp³-hybridized carbons (Fsp3) is 0.364. The van der Waals surface area contributed by atoms with E-state index >= 15 is 8.78 Å². The van der Waals surface area contributed by atoms with Gasteiger partial charge in [-0.15, -0.1) is 0 Å². The van der Waals surface area contributed by atoms with Gasteiger partial charge in [0.2, 0.25) is 0 Å². The predicted molar refractivity (Wildman–Crippen MR) is 164 cm³/mol. The summed E-state index contributed by atoms with van der Waals surface area (Å²) in [6.07, 6.45) is 3.63. The van der Waals surface area contributed by atoms with Gasteiger partial charge in [-0.05, 0) is 61.9 Å². The third kappa shape index (κ3) is 5.42. The highest BCUT2D eigenvalue weighted by atomic mass is 19.1. The highest BCUT2D eigenvalue weighted by Crippen LogP contribution is 2.38. The number of pyridine rings is 2. The summed E-state index contributed by atoms with van der Waals surface area (Å²) in [4.78, 5) is 43.4. The maximum Gasteiger partial charge on any atom is 0.355 e. The van der Waals surface area contributed by atoms with Gasteiger partial charge in [0.1, 0.15) is 23.1 Å². The summed E-state index contributed by atoms with van der Waals surface area (Å²) in [6.45, 7) is 9.56. The Labute approximate surface area is 258 Å². The van der Waals surface area contributed by atoms with Crippen LogP contribution in [-0.2, 0) is 11.2 Å². The van der Waals surface area contributed by atoms with Crippen LogP contribution in [0.15, 0.2) is 53.7 Å². The molecule has 4 aromatic rings. The second-order valence-electron chi connectivity index (χ2n) is 11.7. The molecule has 5 heterocycles. The molecule has 3 aromatic heterocycles. The van der Waals surface area contributed by atoms with E-state index in [1.807, 2.05) is 19.9 Å². The van der Waals surface area contributed by atoms with Crippen LogP contribution in [0.2, 0.25) is 0 Å². The van der Waals surface area contributed by atoms with E-state index in [-0.39, 0.29) is 66.0 Å². The molecule has 2 aliphatic heterocycles. The zero-order valence-corrected chi connectivity index (χ0v) is 25.3. The van der Waals surface area contributed by atoms with Crippen molar-refractivity contribution in [2.45, 2.75) is 52.0 Å². The number of hydrogen-bond acceptors (Lipinski definition) is 7. The topological polar surface area (TPSA) is 93.5 Å². The first-order chi connectivity index (χ1) is 21.6. The summed E-state index contributed by atoms with van der Waals surface area (Å²) >= 11 is 0. The second-order valence-corrected chi connectivity index (χ2v) is 11.7. The van der Waals surface area contributed by atoms with Crippen molar-refractivity contribution in [2.24, 2.45) is 0 Å². The van der Waals surface area contributed by atoms with Crippen LogP contribution in [0.3, 0.4) is 0 Å². The van der Waals surface area contributed by atoms with E-state index in [9.17, 15) is 14.0 Å². The molecule has 6 rings (SSSR count). The Morgan fingerprint density at radius 2 is 1.91 bits per heavy atom. The summed E-state index contributed by atoms with van der Waals surface area (Å²) < 4.78 is 52.6. The molecule has 0 aliphatic carbocycles. The fourth-order valence-corrected chi connectivity index (χ4v) is 6.18. The van der Waals surface area contributed by atoms with Gasteiger partial charge in [-0.3, -0.25) is 9.78 Å². The van der Waals surface area contributed by atoms with Crippen molar-refractivity contribution < 1.29 is 22.7 Å². The second kappa shape index (κ2) is 12.0. The van der Waals surface area contributed by atoms with Gasteiger partial charge in [0.25, 0.3) is 5.91 Å². The lowest BCUT2D eigenvalue weighted by Gasteiger charge is -2.40. The van der Waals surface area contributed by atoms with E-state index in [2.05, 4.69) is 21.5 Å². The van der Waals surface area contributed by atoms with Gasteiger partial charge >= 0.3 is 5.69 Å². The number of anilines is 1. The molecule has 1 fully saturated rings. The molecule has 2 bridgehead atoms. The monoisotopic (exact) mass is 618 g/mol. The fourth-order valence-electron chi connectivity index (χ4n) is 6.18. The van der Waals surface area contributed by atoms with Crippen molar-refractivity contribution in [3.05, 3.63) is 82.3 Å². The lowest BCUT2D eigenvalue weighted by atomic mass is 10.00. The Bertz CT molecular complexity index is 1890. The molecule has 45 heavy (non-hydrogen) atoms. The van der Waals surface area contributed by atoms with Gasteiger partial charge in [-0.1, -0.05) is 26.5 Å². The van der Waals surface area contributed by atoms with Gasteiger partial charge in [0.05, 0.1) is 28.9 Å². The van der Waals surface area contributed by atoms with Crippen LogP contribution in [0.25, 0.3) is 28.0 Å². The molecular weight excluding hydrogens is 585 g/mol. The Kier molecular flexibility index (Phi) is 8.07. The summed E-state index contributed by atoms with van der Waals surface area (Å²) in [7, 11) is 0. The van der Waals surface area contributed by atoms with Gasteiger partial charge in [-0.25, -0.2) is 27.5 Å². The number of aromatic nitrogens is 4. The van der Waals surface area contributed by atoms with E-state index in [0.29, 0.717) is 30.6 Å². The van der Waals surface area contributed by atoms with E-state index < -0.39 is 35.1 Å². The van der Waals surface area contributed by atoms with Crippen LogP contribution >= 0.6 is 0 Å². The Balaban J connectivity index is 1.66. The van der Waals surface area contributed by atoms with E-state index in [1.54, 1.807) is 24.1 Å². The van der Waals surface area contributed by atoms with Crippen LogP contribution in [0.4, 0.5) is 19.0 Å². The van der Waals surface area contributed by atoms with Crippen LogP contribution in [0.1, 0.15) is 50.8 Å². The first-order valence-corrected chi connectivity index (χ1v) is 15.0. The minimum absolute atomic E-state index is 0.0776. The molecule has 1 saturated heterocycles. The third-order valence-corrected chi connectivity index (χ3v) is 8.34. The molecule has 9 nitrogen and oxygen atoms in total. The number of piperazine rings is 1. The number of rotatable bonds is 3. The normalized spacial score (nSPS) is 16.8. The number of carbonyl (C=O) groups excluding carboxylic acids is 1. The quantitative estimate of drug-likeness (QED) is 0.281. The summed E-state index contributed by atoms with van der Waals surface area (Å²) in [6, 6.07) is 6.91. The molecule has 12 heteroatoms. The number of halogens is 3. The number of carbonyl (C=O) groups is 1. The van der Waals surface area contributed by atoms with Crippen molar-refractivity contribution in [3.63, 3.8) is 0 Å². The number of ether oxygens (including phenoxy) is 1. The number of benzene rings is 1. The number of amides is 1. The maximum atomic E-state index is 16.2. The molecule has 0 N–H and O–H groups in total. The maximum absolute atomic E-state index is 16.2. The van der Waals surface area contributed by atoms with Gasteiger partial charge in [0, 0.05) is 31.9 Å². The molecule has 1 atom stereocenters. The van der Waals surface area contributed by atoms with Crippen molar-refractivity contribution in [1.82, 2.24) is 24.4 Å². The smallest absolute Gasteiger partial charge is 0.355 e. The highest BCUT2D eigenvalue weighted by molar-refractivity contribution is 5.92. The van der Waals surface area contributed by atoms with Crippen molar-refractivity contribution in [3.8, 4) is 22.7 Å². The molecule has 1 amide bonds. The van der Waals surface area contributed by atoms with Crippen molar-refractivity contribution in [2.75, 3.05) is 31.1 Å². The van der Waals surface area contributed by atoms with Gasteiger partial charge < -0.3 is 14.5 Å². The van der Waals surface area contributed by atoms with Crippen molar-refractivity contribution >= 4 is 22.8 Å². The summed E-state index contributed by atoms with van der Waals surface area (Å²) in [5.41, 5.74) is 0.968. The first-order valence-electron chi connectivity index (χ1n) is 15.0. The SMILES string of the molecule is C=C(F)C(=O)N1CCN(c2nc(=O)n3c4nc(c(F)cc24)-c2c(F)cccc2OCCCCc2ccnc(C(C)C)c2-3)[C@@H](C)C1. The average Bonchev–Trinajstić information content (AvgIpc) is 3.01. The first kappa shape index (κ1) is 30.3. The molecule has 2 aliphatic rings. The zero-order chi connectivity index (χ0) is 32.0. The molecule has 1 aromatic carbocycles. The highest BCUT2D eigenvalue weighted by Gasteiger charge is 2.32. The molecule has 234 valence electrons. The van der Waals surface area contributed by atoms with Crippen LogP contribution < -0.4 is 15.3 Å². The number of hydrogen-bond donors (Lipinski definition) is 0. The Hall–Kier alpha value is -4.74. The van der Waals surface area contributed by atoms with Crippen LogP contribution in [0, 0.1) is 11.6 Å². The largest absolute Gasteiger partial charge is 0.493 e. The number of aryl methyl sites for hydroxylation is 1. The minimum Gasteiger partial charge on any atom is -0.493 e. The van der Waals surface area contributed by atoms with Crippen LogP contribution in [0.5, 0.6) is 5.75 Å². The summed E-state index contributed by atoms with van der Waals surface area (Å²) in [5.74, 6) is -3.19. The van der Waals surface area contributed by atoms with Crippen molar-refractivity contribution in [1.29, 1.82) is 0 Å². The number of nitrogens with zero attached hydrogens (tertiary/aromatic N) is 6. The standard InChI is InChI=1S/C33H33F3N6O3/c1-18(2)27-29-21(11-12-37-27)8-5-6-15-45-25-10-7-9-23(35)26(25)28-24(36)16-22-30(39-33(44)42(29)31(22)38-28)41-14-13-40(17-19(41)3)32(43)20(4)34/h7,9-12,16,18-19H,4-6,8,13-15,17H2,1-3H3/t19-/m0/s1. The third-order valence-electron chi connectivity index (χ3n) is 8.34. The van der Waals surface area contributed by atoms with Gasteiger partial charge in [0.15, 0.2) is 17.3 Å². The lowest BCUT2D eigenvalue weighted by molar-refractivity contribution is -0.129. The summed E-state index contributed by atoms with van der Waals surface area (Å²) in [5, 5.41) is 0.218. The van der Waals surface area contributed by atoms with Gasteiger partial charge in [-0.2, -0.15) is 4.98 Å².